The lowest BCUT2D eigenvalue weighted by Crippen LogP contribution is -2.52. The first kappa shape index (κ1) is 15.7. The molecule has 2 unspecified atom stereocenters. The highest BCUT2D eigenvalue weighted by atomic mass is 15.3. The molecule has 4 rings (SSSR count). The Labute approximate surface area is 144 Å². The number of hydrogen-bond donors (Lipinski definition) is 2. The maximum absolute atomic E-state index is 5.07. The summed E-state index contributed by atoms with van der Waals surface area (Å²) >= 11 is 0. The zero-order valence-corrected chi connectivity index (χ0v) is 14.6. The monoisotopic (exact) mass is 325 g/mol. The Morgan fingerprint density at radius 3 is 2.38 bits per heavy atom. The summed E-state index contributed by atoms with van der Waals surface area (Å²) in [6.07, 6.45) is 0. The summed E-state index contributed by atoms with van der Waals surface area (Å²) in [6.45, 7) is 10.7. The Morgan fingerprint density at radius 1 is 0.958 bits per heavy atom. The Kier molecular flexibility index (Phi) is 4.29. The molecule has 128 valence electrons. The molecule has 2 fully saturated rings. The SMILES string of the molecule is CC1CN(c2cc3ccccc3nc2N2CCNC(C)C2)CCN1. The van der Waals surface area contributed by atoms with Crippen LogP contribution < -0.4 is 20.4 Å². The molecule has 5 heteroatoms. The maximum Gasteiger partial charge on any atom is 0.153 e. The van der Waals surface area contributed by atoms with E-state index >= 15 is 0 Å². The van der Waals surface area contributed by atoms with Crippen LogP contribution in [0.4, 0.5) is 11.5 Å². The van der Waals surface area contributed by atoms with Crippen LogP contribution in [0.25, 0.3) is 10.9 Å². The summed E-state index contributed by atoms with van der Waals surface area (Å²) < 4.78 is 0. The number of nitrogens with one attached hydrogen (secondary N) is 2. The zero-order chi connectivity index (χ0) is 16.5. The Hall–Kier alpha value is -1.85. The highest BCUT2D eigenvalue weighted by molar-refractivity contribution is 5.87. The van der Waals surface area contributed by atoms with Crippen molar-refractivity contribution >= 4 is 22.4 Å². The number of benzene rings is 1. The molecule has 0 amide bonds. The lowest BCUT2D eigenvalue weighted by Gasteiger charge is -2.39. The predicted octanol–water partition coefficient (Wildman–Crippen LogP) is 1.83. The van der Waals surface area contributed by atoms with Crippen molar-refractivity contribution in [2.45, 2.75) is 25.9 Å². The van der Waals surface area contributed by atoms with Crippen LogP contribution in [0.2, 0.25) is 0 Å². The van der Waals surface area contributed by atoms with E-state index in [-0.39, 0.29) is 0 Å². The van der Waals surface area contributed by atoms with Crippen molar-refractivity contribution < 1.29 is 0 Å². The standard InChI is InChI=1S/C19H27N5/c1-14-12-23(9-7-20-14)18-11-16-5-3-4-6-17(16)22-19(18)24-10-8-21-15(2)13-24/h3-6,11,14-15,20-21H,7-10,12-13H2,1-2H3. The second kappa shape index (κ2) is 6.57. The van der Waals surface area contributed by atoms with Gasteiger partial charge in [-0.3, -0.25) is 0 Å². The molecule has 0 saturated carbocycles. The van der Waals surface area contributed by atoms with Crippen molar-refractivity contribution in [3.8, 4) is 0 Å². The molecule has 0 radical (unpaired) electrons. The molecule has 0 bridgehead atoms. The van der Waals surface area contributed by atoms with Gasteiger partial charge in [-0.1, -0.05) is 18.2 Å². The highest BCUT2D eigenvalue weighted by Gasteiger charge is 2.25. The van der Waals surface area contributed by atoms with E-state index in [4.69, 9.17) is 4.98 Å². The van der Waals surface area contributed by atoms with Crippen molar-refractivity contribution in [2.24, 2.45) is 0 Å². The van der Waals surface area contributed by atoms with E-state index in [2.05, 4.69) is 64.6 Å². The van der Waals surface area contributed by atoms with Crippen LogP contribution in [-0.4, -0.2) is 56.3 Å². The molecule has 2 N–H and O–H groups in total. The molecule has 2 aromatic rings. The van der Waals surface area contributed by atoms with E-state index in [1.54, 1.807) is 0 Å². The van der Waals surface area contributed by atoms with E-state index in [9.17, 15) is 0 Å². The molecule has 2 atom stereocenters. The molecule has 5 nitrogen and oxygen atoms in total. The third kappa shape index (κ3) is 3.06. The van der Waals surface area contributed by atoms with Gasteiger partial charge in [-0.05, 0) is 26.0 Å². The summed E-state index contributed by atoms with van der Waals surface area (Å²) in [6, 6.07) is 11.8. The average Bonchev–Trinajstić information content (AvgIpc) is 2.60. The van der Waals surface area contributed by atoms with E-state index in [0.29, 0.717) is 12.1 Å². The highest BCUT2D eigenvalue weighted by Crippen LogP contribution is 2.32. The fourth-order valence-electron chi connectivity index (χ4n) is 3.84. The molecule has 0 aliphatic carbocycles. The van der Waals surface area contributed by atoms with Gasteiger partial charge >= 0.3 is 0 Å². The summed E-state index contributed by atoms with van der Waals surface area (Å²) in [7, 11) is 0. The molecule has 0 spiro atoms. The number of aromatic nitrogens is 1. The number of hydrogen-bond acceptors (Lipinski definition) is 5. The van der Waals surface area contributed by atoms with Gasteiger partial charge in [-0.25, -0.2) is 4.98 Å². The first-order valence-electron chi connectivity index (χ1n) is 9.07. The van der Waals surface area contributed by atoms with Crippen LogP contribution in [0.5, 0.6) is 0 Å². The van der Waals surface area contributed by atoms with Gasteiger partial charge < -0.3 is 20.4 Å². The van der Waals surface area contributed by atoms with Crippen molar-refractivity contribution in [3.63, 3.8) is 0 Å². The van der Waals surface area contributed by atoms with Crippen molar-refractivity contribution in [1.29, 1.82) is 0 Å². The minimum atomic E-state index is 0.502. The maximum atomic E-state index is 5.07. The Morgan fingerprint density at radius 2 is 1.62 bits per heavy atom. The van der Waals surface area contributed by atoms with Crippen LogP contribution >= 0.6 is 0 Å². The van der Waals surface area contributed by atoms with Gasteiger partial charge in [0.15, 0.2) is 5.82 Å². The Balaban J connectivity index is 1.78. The summed E-state index contributed by atoms with van der Waals surface area (Å²) in [5.74, 6) is 1.15. The molecule has 1 aromatic carbocycles. The van der Waals surface area contributed by atoms with Crippen molar-refractivity contribution in [2.75, 3.05) is 49.1 Å². The lowest BCUT2D eigenvalue weighted by atomic mass is 10.1. The molecular weight excluding hydrogens is 298 g/mol. The van der Waals surface area contributed by atoms with E-state index in [1.807, 2.05) is 0 Å². The van der Waals surface area contributed by atoms with Crippen LogP contribution in [0.3, 0.4) is 0 Å². The summed E-state index contributed by atoms with van der Waals surface area (Å²) in [5.41, 5.74) is 2.38. The smallest absolute Gasteiger partial charge is 0.153 e. The van der Waals surface area contributed by atoms with Gasteiger partial charge in [0.05, 0.1) is 11.2 Å². The second-order valence-electron chi connectivity index (χ2n) is 7.13. The summed E-state index contributed by atoms with van der Waals surface area (Å²) in [4.78, 5) is 10.0. The fraction of sp³-hybridized carbons (Fsp3) is 0.526. The van der Waals surface area contributed by atoms with Gasteiger partial charge in [-0.15, -0.1) is 0 Å². The number of para-hydroxylation sites is 1. The number of fused-ring (bicyclic) bond motifs is 1. The summed E-state index contributed by atoms with van der Waals surface area (Å²) in [5, 5.41) is 8.30. The molecule has 2 saturated heterocycles. The first-order valence-corrected chi connectivity index (χ1v) is 9.07. The lowest BCUT2D eigenvalue weighted by molar-refractivity contribution is 0.475. The zero-order valence-electron chi connectivity index (χ0n) is 14.6. The molecule has 3 heterocycles. The minimum absolute atomic E-state index is 0.502. The second-order valence-corrected chi connectivity index (χ2v) is 7.13. The van der Waals surface area contributed by atoms with Crippen LogP contribution in [-0.2, 0) is 0 Å². The van der Waals surface area contributed by atoms with Gasteiger partial charge in [0, 0.05) is 56.7 Å². The van der Waals surface area contributed by atoms with Gasteiger partial charge in [0.1, 0.15) is 0 Å². The van der Waals surface area contributed by atoms with E-state index < -0.39 is 0 Å². The molecule has 2 aliphatic heterocycles. The van der Waals surface area contributed by atoms with Crippen LogP contribution in [0.15, 0.2) is 30.3 Å². The van der Waals surface area contributed by atoms with E-state index in [0.717, 1.165) is 50.6 Å². The number of anilines is 2. The quantitative estimate of drug-likeness (QED) is 0.882. The van der Waals surface area contributed by atoms with E-state index in [1.165, 1.54) is 11.1 Å². The third-order valence-electron chi connectivity index (χ3n) is 5.06. The molecule has 24 heavy (non-hydrogen) atoms. The predicted molar refractivity (Wildman–Crippen MR) is 101 cm³/mol. The van der Waals surface area contributed by atoms with Crippen molar-refractivity contribution in [3.05, 3.63) is 30.3 Å². The van der Waals surface area contributed by atoms with Crippen LogP contribution in [0, 0.1) is 0 Å². The average molecular weight is 325 g/mol. The normalized spacial score (nSPS) is 25.2. The van der Waals surface area contributed by atoms with Crippen LogP contribution in [0.1, 0.15) is 13.8 Å². The molecular formula is C19H27N5. The van der Waals surface area contributed by atoms with Gasteiger partial charge in [0.25, 0.3) is 0 Å². The minimum Gasteiger partial charge on any atom is -0.366 e. The first-order chi connectivity index (χ1) is 11.7. The molecule has 2 aliphatic rings. The third-order valence-corrected chi connectivity index (χ3v) is 5.06. The number of piperazine rings is 2. The van der Waals surface area contributed by atoms with Gasteiger partial charge in [0.2, 0.25) is 0 Å². The fourth-order valence-corrected chi connectivity index (χ4v) is 3.84. The largest absolute Gasteiger partial charge is 0.366 e. The molecule has 1 aromatic heterocycles. The topological polar surface area (TPSA) is 43.4 Å². The Bertz CT molecular complexity index is 655. The van der Waals surface area contributed by atoms with Gasteiger partial charge in [-0.2, -0.15) is 0 Å². The number of pyridine rings is 1. The number of rotatable bonds is 2. The number of nitrogens with zero attached hydrogens (tertiary/aromatic N) is 3. The van der Waals surface area contributed by atoms with Crippen molar-refractivity contribution in [1.82, 2.24) is 15.6 Å².